The summed E-state index contributed by atoms with van der Waals surface area (Å²) in [6.45, 7) is 7.68. The Morgan fingerprint density at radius 3 is 2.06 bits per heavy atom. The lowest BCUT2D eigenvalue weighted by Gasteiger charge is -2.04. The van der Waals surface area contributed by atoms with Gasteiger partial charge in [-0.15, -0.1) is 0 Å². The third-order valence-corrected chi connectivity index (χ3v) is 1.93. The van der Waals surface area contributed by atoms with Gasteiger partial charge in [0.05, 0.1) is 13.2 Å². The first-order valence-electron chi connectivity index (χ1n) is 5.28. The van der Waals surface area contributed by atoms with Crippen LogP contribution in [-0.4, -0.2) is 19.2 Å². The summed E-state index contributed by atoms with van der Waals surface area (Å²) in [7, 11) is 0. The van der Waals surface area contributed by atoms with Gasteiger partial charge in [-0.05, 0) is 37.6 Å². The molecule has 0 atom stereocenters. The normalized spacial score (nSPS) is 9.62. The van der Waals surface area contributed by atoms with Gasteiger partial charge >= 0.3 is 5.97 Å². The lowest BCUT2D eigenvalue weighted by molar-refractivity contribution is -0.142. The zero-order chi connectivity index (χ0) is 12.0. The molecule has 0 saturated heterocycles. The van der Waals surface area contributed by atoms with Crippen molar-refractivity contribution < 1.29 is 14.3 Å². The molecule has 0 unspecified atom stereocenters. The molecule has 16 heavy (non-hydrogen) atoms. The van der Waals surface area contributed by atoms with Crippen LogP contribution in [0.5, 0.6) is 0 Å². The first-order valence-corrected chi connectivity index (χ1v) is 5.28. The second-order valence-corrected chi connectivity index (χ2v) is 3.16. The van der Waals surface area contributed by atoms with Gasteiger partial charge in [0.2, 0.25) is 0 Å². The summed E-state index contributed by atoms with van der Waals surface area (Å²) in [5.41, 5.74) is 2.85. The second kappa shape index (κ2) is 5.95. The Morgan fingerprint density at radius 1 is 1.19 bits per heavy atom. The third-order valence-electron chi connectivity index (χ3n) is 1.93. The predicted octanol–water partition coefficient (Wildman–Crippen LogP) is 2.77. The van der Waals surface area contributed by atoms with Crippen LogP contribution >= 0.6 is 0 Å². The summed E-state index contributed by atoms with van der Waals surface area (Å²) in [5, 5.41) is 0. The van der Waals surface area contributed by atoms with Crippen LogP contribution < -0.4 is 0 Å². The van der Waals surface area contributed by atoms with E-state index in [9.17, 15) is 4.79 Å². The molecule has 0 aromatic carbocycles. The SMILES string of the molecule is C=C(OCC)C(=O)OCC.c1cc2cc-2c1. The number of rotatable bonds is 4. The molecular weight excluding hydrogens is 204 g/mol. The van der Waals surface area contributed by atoms with E-state index in [1.165, 1.54) is 11.1 Å². The zero-order valence-corrected chi connectivity index (χ0v) is 9.66. The molecule has 0 aromatic heterocycles. The Hall–Kier alpha value is -1.77. The number of ether oxygens (including phenoxy) is 2. The third kappa shape index (κ3) is 3.77. The Morgan fingerprint density at radius 2 is 1.75 bits per heavy atom. The van der Waals surface area contributed by atoms with E-state index in [4.69, 9.17) is 4.74 Å². The van der Waals surface area contributed by atoms with Crippen LogP contribution in [0, 0.1) is 0 Å². The van der Waals surface area contributed by atoms with Crippen molar-refractivity contribution in [1.82, 2.24) is 0 Å². The molecule has 0 radical (unpaired) electrons. The van der Waals surface area contributed by atoms with Crippen LogP contribution in [0.1, 0.15) is 13.8 Å². The molecule has 3 nitrogen and oxygen atoms in total. The standard InChI is InChI=1S/C7H12O3.C6H4/c1-4-9-6(3)7(8)10-5-2;1-2-5-4-6(5)3-1/h3-5H2,1-2H3;1-4H. The van der Waals surface area contributed by atoms with Gasteiger partial charge in [-0.25, -0.2) is 4.79 Å². The highest BCUT2D eigenvalue weighted by molar-refractivity contribution is 5.85. The minimum atomic E-state index is -0.482. The summed E-state index contributed by atoms with van der Waals surface area (Å²) in [4.78, 5) is 10.7. The Balaban J connectivity index is 0.000000176. The van der Waals surface area contributed by atoms with Gasteiger partial charge in [0.25, 0.3) is 0 Å². The number of hydrogen-bond acceptors (Lipinski definition) is 3. The minimum absolute atomic E-state index is 0.0735. The molecule has 0 aromatic rings. The van der Waals surface area contributed by atoms with Gasteiger partial charge in [-0.2, -0.15) is 0 Å². The largest absolute Gasteiger partial charge is 0.487 e. The zero-order valence-electron chi connectivity index (χ0n) is 9.66. The molecule has 2 aliphatic rings. The van der Waals surface area contributed by atoms with Crippen LogP contribution in [0.4, 0.5) is 0 Å². The van der Waals surface area contributed by atoms with Crippen LogP contribution in [0.3, 0.4) is 0 Å². The smallest absolute Gasteiger partial charge is 0.372 e. The maximum Gasteiger partial charge on any atom is 0.372 e. The van der Waals surface area contributed by atoms with Crippen molar-refractivity contribution >= 4 is 5.97 Å². The highest BCUT2D eigenvalue weighted by Gasteiger charge is 2.07. The van der Waals surface area contributed by atoms with E-state index >= 15 is 0 Å². The topological polar surface area (TPSA) is 35.5 Å². The van der Waals surface area contributed by atoms with Crippen LogP contribution in [-0.2, 0) is 14.3 Å². The molecule has 2 rings (SSSR count). The summed E-state index contributed by atoms with van der Waals surface area (Å²) < 4.78 is 9.38. The highest BCUT2D eigenvalue weighted by Crippen LogP contribution is 2.32. The second-order valence-electron chi connectivity index (χ2n) is 3.16. The van der Waals surface area contributed by atoms with E-state index in [2.05, 4.69) is 35.6 Å². The van der Waals surface area contributed by atoms with Gasteiger partial charge in [-0.1, -0.05) is 18.2 Å². The Labute approximate surface area is 95.7 Å². The minimum Gasteiger partial charge on any atom is -0.487 e. The maximum absolute atomic E-state index is 10.7. The molecule has 0 amide bonds. The van der Waals surface area contributed by atoms with Crippen molar-refractivity contribution in [3.05, 3.63) is 36.6 Å². The van der Waals surface area contributed by atoms with Crippen molar-refractivity contribution in [3.8, 4) is 11.1 Å². The van der Waals surface area contributed by atoms with E-state index < -0.39 is 5.97 Å². The number of benzene rings is 1. The van der Waals surface area contributed by atoms with Gasteiger partial charge in [0.1, 0.15) is 0 Å². The molecule has 0 aliphatic heterocycles. The average Bonchev–Trinajstić information content (AvgIpc) is 2.87. The highest BCUT2D eigenvalue weighted by atomic mass is 16.6. The van der Waals surface area contributed by atoms with Gasteiger partial charge in [0, 0.05) is 0 Å². The first-order chi connectivity index (χ1) is 7.69. The molecule has 3 heteroatoms. The predicted molar refractivity (Wildman–Crippen MR) is 62.8 cm³/mol. The monoisotopic (exact) mass is 220 g/mol. The van der Waals surface area contributed by atoms with Crippen LogP contribution in [0.25, 0.3) is 11.1 Å². The summed E-state index contributed by atoms with van der Waals surface area (Å²) in [5.74, 6) is -0.409. The molecule has 0 spiro atoms. The summed E-state index contributed by atoms with van der Waals surface area (Å²) in [6.07, 6.45) is 0. The fourth-order valence-electron chi connectivity index (χ4n) is 1.12. The first kappa shape index (κ1) is 12.3. The fraction of sp³-hybridized carbons (Fsp3) is 0.308. The molecule has 0 saturated carbocycles. The lowest BCUT2D eigenvalue weighted by Crippen LogP contribution is -2.09. The molecule has 0 bridgehead atoms. The lowest BCUT2D eigenvalue weighted by atomic mass is 10.5. The van der Waals surface area contributed by atoms with Crippen molar-refractivity contribution in [3.63, 3.8) is 0 Å². The van der Waals surface area contributed by atoms with Crippen LogP contribution in [0.2, 0.25) is 0 Å². The Bertz CT molecular complexity index is 349. The molecule has 0 heterocycles. The van der Waals surface area contributed by atoms with Crippen molar-refractivity contribution in [2.45, 2.75) is 13.8 Å². The van der Waals surface area contributed by atoms with E-state index in [-0.39, 0.29) is 5.76 Å². The van der Waals surface area contributed by atoms with Crippen molar-refractivity contribution in [1.29, 1.82) is 0 Å². The molecule has 2 aliphatic carbocycles. The molecule has 0 N–H and O–H groups in total. The van der Waals surface area contributed by atoms with Crippen LogP contribution in [0.15, 0.2) is 36.6 Å². The average molecular weight is 220 g/mol. The summed E-state index contributed by atoms with van der Waals surface area (Å²) in [6, 6.07) is 8.48. The summed E-state index contributed by atoms with van der Waals surface area (Å²) >= 11 is 0. The number of fused-ring (bicyclic) bond motifs is 1. The van der Waals surface area contributed by atoms with E-state index in [0.717, 1.165) is 0 Å². The van der Waals surface area contributed by atoms with Gasteiger partial charge < -0.3 is 9.47 Å². The van der Waals surface area contributed by atoms with Gasteiger partial charge in [-0.3, -0.25) is 0 Å². The van der Waals surface area contributed by atoms with E-state index in [0.29, 0.717) is 13.2 Å². The number of hydrogen-bond donors (Lipinski definition) is 0. The van der Waals surface area contributed by atoms with Gasteiger partial charge in [0.15, 0.2) is 5.76 Å². The number of carbonyl (C=O) groups is 1. The van der Waals surface area contributed by atoms with Crippen molar-refractivity contribution in [2.75, 3.05) is 13.2 Å². The van der Waals surface area contributed by atoms with E-state index in [1.54, 1.807) is 13.8 Å². The molecule has 86 valence electrons. The molecular formula is C13H16O3. The quantitative estimate of drug-likeness (QED) is 0.451. The van der Waals surface area contributed by atoms with E-state index in [1.807, 2.05) is 0 Å². The van der Waals surface area contributed by atoms with Crippen molar-refractivity contribution in [2.24, 2.45) is 0 Å². The Kier molecular flexibility index (Phi) is 4.58. The maximum atomic E-state index is 10.7. The fourth-order valence-corrected chi connectivity index (χ4v) is 1.12. The number of esters is 1. The number of carbonyl (C=O) groups excluding carboxylic acids is 1. The molecule has 0 fully saturated rings.